The highest BCUT2D eigenvalue weighted by molar-refractivity contribution is 7.99. The number of aromatic nitrogens is 1. The smallest absolute Gasteiger partial charge is 0.261 e. The van der Waals surface area contributed by atoms with E-state index in [4.69, 9.17) is 4.74 Å². The van der Waals surface area contributed by atoms with Crippen molar-refractivity contribution in [2.24, 2.45) is 0 Å². The summed E-state index contributed by atoms with van der Waals surface area (Å²) >= 11 is 1.84. The number of hydrogen-bond acceptors (Lipinski definition) is 5. The number of carbonyl (C=O) groups is 2. The quantitative estimate of drug-likeness (QED) is 0.843. The fraction of sp³-hybridized carbons (Fsp3) is 0.278. The van der Waals surface area contributed by atoms with E-state index in [1.54, 1.807) is 42.6 Å². The van der Waals surface area contributed by atoms with E-state index in [1.165, 1.54) is 6.92 Å². The molecule has 6 heteroatoms. The van der Waals surface area contributed by atoms with Crippen molar-refractivity contribution in [3.8, 4) is 5.88 Å². The molecule has 1 saturated heterocycles. The van der Waals surface area contributed by atoms with E-state index in [1.807, 2.05) is 11.8 Å². The Kier molecular flexibility index (Phi) is 5.15. The number of nitrogens with zero attached hydrogens (tertiary/aromatic N) is 1. The number of Topliss-reactive ketones (excluding diaryl/α,β-unsaturated/α-hetero) is 1. The average Bonchev–Trinajstić information content (AvgIpc) is 3.08. The van der Waals surface area contributed by atoms with Crippen LogP contribution >= 0.6 is 11.8 Å². The zero-order valence-electron chi connectivity index (χ0n) is 13.3. The van der Waals surface area contributed by atoms with Gasteiger partial charge in [-0.1, -0.05) is 12.1 Å². The number of carbonyl (C=O) groups excluding carboxylic acids is 2. The number of ketones is 1. The number of ether oxygens (including phenoxy) is 1. The van der Waals surface area contributed by atoms with Crippen molar-refractivity contribution < 1.29 is 14.3 Å². The Labute approximate surface area is 144 Å². The van der Waals surface area contributed by atoms with Crippen molar-refractivity contribution >= 4 is 29.1 Å². The van der Waals surface area contributed by atoms with Crippen LogP contribution in [0.25, 0.3) is 0 Å². The summed E-state index contributed by atoms with van der Waals surface area (Å²) in [5.74, 6) is 1.99. The Bertz CT molecular complexity index is 757. The fourth-order valence-corrected chi connectivity index (χ4v) is 3.53. The van der Waals surface area contributed by atoms with Crippen molar-refractivity contribution in [1.29, 1.82) is 0 Å². The van der Waals surface area contributed by atoms with Gasteiger partial charge in [0.25, 0.3) is 5.91 Å². The van der Waals surface area contributed by atoms with Gasteiger partial charge >= 0.3 is 0 Å². The Balaban J connectivity index is 1.77. The molecule has 1 aromatic heterocycles. The molecular formula is C18H18N2O3S. The topological polar surface area (TPSA) is 68.3 Å². The lowest BCUT2D eigenvalue weighted by Gasteiger charge is -2.14. The number of amides is 1. The molecular weight excluding hydrogens is 324 g/mol. The third-order valence-electron chi connectivity index (χ3n) is 3.71. The van der Waals surface area contributed by atoms with Crippen LogP contribution in [-0.2, 0) is 0 Å². The van der Waals surface area contributed by atoms with Gasteiger partial charge < -0.3 is 10.1 Å². The molecule has 0 radical (unpaired) electrons. The van der Waals surface area contributed by atoms with Crippen LogP contribution in [-0.4, -0.2) is 34.3 Å². The molecule has 2 aromatic rings. The fourth-order valence-electron chi connectivity index (χ4n) is 2.44. The number of anilines is 1. The van der Waals surface area contributed by atoms with Crippen LogP contribution < -0.4 is 10.1 Å². The van der Waals surface area contributed by atoms with Gasteiger partial charge in [-0.15, -0.1) is 0 Å². The van der Waals surface area contributed by atoms with Gasteiger partial charge in [-0.25, -0.2) is 4.98 Å². The van der Waals surface area contributed by atoms with E-state index in [9.17, 15) is 9.59 Å². The van der Waals surface area contributed by atoms with Gasteiger partial charge in [0.15, 0.2) is 5.78 Å². The molecule has 1 atom stereocenters. The molecule has 1 aliphatic heterocycles. The number of nitrogens with one attached hydrogen (secondary N) is 1. The second kappa shape index (κ2) is 7.49. The molecule has 1 N–H and O–H groups in total. The summed E-state index contributed by atoms with van der Waals surface area (Å²) in [7, 11) is 0. The summed E-state index contributed by atoms with van der Waals surface area (Å²) in [6.45, 7) is 1.49. The molecule has 124 valence electrons. The maximum atomic E-state index is 12.6. The van der Waals surface area contributed by atoms with E-state index >= 15 is 0 Å². The molecule has 2 heterocycles. The summed E-state index contributed by atoms with van der Waals surface area (Å²) in [5.41, 5.74) is 1.51. The van der Waals surface area contributed by atoms with E-state index in [0.717, 1.165) is 17.9 Å². The minimum atomic E-state index is -0.301. The normalized spacial score (nSPS) is 16.6. The molecule has 1 aromatic carbocycles. The molecule has 1 aliphatic rings. The third-order valence-corrected chi connectivity index (χ3v) is 4.84. The lowest BCUT2D eigenvalue weighted by molar-refractivity contribution is 0.100. The monoisotopic (exact) mass is 342 g/mol. The van der Waals surface area contributed by atoms with Crippen LogP contribution in [0.15, 0.2) is 42.6 Å². The van der Waals surface area contributed by atoms with Gasteiger partial charge in [0.2, 0.25) is 5.88 Å². The Hall–Kier alpha value is -2.34. The predicted molar refractivity (Wildman–Crippen MR) is 95.0 cm³/mol. The SMILES string of the molecule is CC(=O)c1cccc(NC(=O)c2cccnc2O[C@@H]2CCSC2)c1. The van der Waals surface area contributed by atoms with Gasteiger partial charge in [-0.3, -0.25) is 9.59 Å². The number of pyridine rings is 1. The molecule has 0 saturated carbocycles. The maximum absolute atomic E-state index is 12.6. The molecule has 24 heavy (non-hydrogen) atoms. The summed E-state index contributed by atoms with van der Waals surface area (Å²) in [6, 6.07) is 10.3. The van der Waals surface area contributed by atoms with Crippen LogP contribution in [0.4, 0.5) is 5.69 Å². The summed E-state index contributed by atoms with van der Waals surface area (Å²) in [4.78, 5) is 28.2. The summed E-state index contributed by atoms with van der Waals surface area (Å²) in [6.07, 6.45) is 2.67. The first-order chi connectivity index (χ1) is 11.6. The van der Waals surface area contributed by atoms with Crippen molar-refractivity contribution in [2.45, 2.75) is 19.4 Å². The van der Waals surface area contributed by atoms with Gasteiger partial charge in [-0.05, 0) is 43.4 Å². The zero-order chi connectivity index (χ0) is 16.9. The number of hydrogen-bond donors (Lipinski definition) is 1. The van der Waals surface area contributed by atoms with E-state index in [0.29, 0.717) is 22.7 Å². The van der Waals surface area contributed by atoms with Gasteiger partial charge in [0, 0.05) is 23.2 Å². The standard InChI is InChI=1S/C18H18N2O3S/c1-12(21)13-4-2-5-14(10-13)20-17(22)16-6-3-8-19-18(16)23-15-7-9-24-11-15/h2-6,8,10,15H,7,9,11H2,1H3,(H,20,22)/t15-/m1/s1. The molecule has 3 rings (SSSR count). The minimum Gasteiger partial charge on any atom is -0.473 e. The summed E-state index contributed by atoms with van der Waals surface area (Å²) in [5, 5.41) is 2.80. The lowest BCUT2D eigenvalue weighted by atomic mass is 10.1. The van der Waals surface area contributed by atoms with Crippen LogP contribution in [0.1, 0.15) is 34.1 Å². The highest BCUT2D eigenvalue weighted by Crippen LogP contribution is 2.24. The maximum Gasteiger partial charge on any atom is 0.261 e. The Morgan fingerprint density at radius 3 is 2.92 bits per heavy atom. The summed E-state index contributed by atoms with van der Waals surface area (Å²) < 4.78 is 5.88. The van der Waals surface area contributed by atoms with Gasteiger partial charge in [0.05, 0.1) is 0 Å². The van der Waals surface area contributed by atoms with E-state index in [2.05, 4.69) is 10.3 Å². The van der Waals surface area contributed by atoms with E-state index < -0.39 is 0 Å². The Morgan fingerprint density at radius 1 is 1.29 bits per heavy atom. The van der Waals surface area contributed by atoms with Crippen LogP contribution in [0.2, 0.25) is 0 Å². The zero-order valence-corrected chi connectivity index (χ0v) is 14.1. The van der Waals surface area contributed by atoms with Crippen molar-refractivity contribution in [2.75, 3.05) is 16.8 Å². The number of benzene rings is 1. The molecule has 0 bridgehead atoms. The number of thioether (sulfide) groups is 1. The van der Waals surface area contributed by atoms with E-state index in [-0.39, 0.29) is 17.8 Å². The van der Waals surface area contributed by atoms with Gasteiger partial charge in [-0.2, -0.15) is 11.8 Å². The van der Waals surface area contributed by atoms with Crippen molar-refractivity contribution in [1.82, 2.24) is 4.98 Å². The molecule has 0 aliphatic carbocycles. The molecule has 5 nitrogen and oxygen atoms in total. The predicted octanol–water partition coefficient (Wildman–Crippen LogP) is 3.42. The largest absolute Gasteiger partial charge is 0.473 e. The average molecular weight is 342 g/mol. The van der Waals surface area contributed by atoms with Crippen LogP contribution in [0.5, 0.6) is 5.88 Å². The van der Waals surface area contributed by atoms with Gasteiger partial charge in [0.1, 0.15) is 11.7 Å². The van der Waals surface area contributed by atoms with Crippen molar-refractivity contribution in [3.05, 3.63) is 53.7 Å². The minimum absolute atomic E-state index is 0.0461. The highest BCUT2D eigenvalue weighted by Gasteiger charge is 2.21. The van der Waals surface area contributed by atoms with Crippen LogP contribution in [0, 0.1) is 0 Å². The first kappa shape index (κ1) is 16.5. The highest BCUT2D eigenvalue weighted by atomic mass is 32.2. The first-order valence-corrected chi connectivity index (χ1v) is 8.91. The molecule has 0 unspecified atom stereocenters. The van der Waals surface area contributed by atoms with Crippen molar-refractivity contribution in [3.63, 3.8) is 0 Å². The lowest BCUT2D eigenvalue weighted by Crippen LogP contribution is -2.20. The molecule has 0 spiro atoms. The molecule has 1 amide bonds. The Morgan fingerprint density at radius 2 is 2.17 bits per heavy atom. The third kappa shape index (κ3) is 3.94. The first-order valence-electron chi connectivity index (χ1n) is 7.75. The number of rotatable bonds is 5. The second-order valence-electron chi connectivity index (χ2n) is 5.55. The van der Waals surface area contributed by atoms with Crippen LogP contribution in [0.3, 0.4) is 0 Å². The molecule has 1 fully saturated rings. The second-order valence-corrected chi connectivity index (χ2v) is 6.70.